The third-order valence-electron chi connectivity index (χ3n) is 2.31. The molecular weight excluding hydrogens is 192 g/mol. The van der Waals surface area contributed by atoms with Gasteiger partial charge in [0.2, 0.25) is 0 Å². The summed E-state index contributed by atoms with van der Waals surface area (Å²) in [6, 6.07) is 6.12. The number of halogens is 1. The summed E-state index contributed by atoms with van der Waals surface area (Å²) >= 11 is 6.27. The standard InChI is InChI=1S/C13H16Cl/c1-4-7-11-8-6-9-12(13(11)14)10(3)5-2/h5-6,8-10H,2-4,7H2,1H3. The summed E-state index contributed by atoms with van der Waals surface area (Å²) in [6.45, 7) is 9.87. The zero-order valence-electron chi connectivity index (χ0n) is 8.59. The van der Waals surface area contributed by atoms with Crippen LogP contribution < -0.4 is 0 Å². The van der Waals surface area contributed by atoms with E-state index in [0.717, 1.165) is 23.4 Å². The first kappa shape index (κ1) is 11.3. The summed E-state index contributed by atoms with van der Waals surface area (Å²) in [5.74, 6) is 0.0827. The smallest absolute Gasteiger partial charge is 0.0475 e. The van der Waals surface area contributed by atoms with Crippen LogP contribution in [0.3, 0.4) is 0 Å². The van der Waals surface area contributed by atoms with Gasteiger partial charge in [-0.15, -0.1) is 6.58 Å². The molecule has 1 aromatic carbocycles. The maximum Gasteiger partial charge on any atom is 0.0475 e. The lowest BCUT2D eigenvalue weighted by molar-refractivity contribution is 0.915. The fourth-order valence-electron chi connectivity index (χ4n) is 1.48. The first-order chi connectivity index (χ1) is 6.70. The molecule has 0 amide bonds. The van der Waals surface area contributed by atoms with Crippen molar-refractivity contribution < 1.29 is 0 Å². The lowest BCUT2D eigenvalue weighted by Gasteiger charge is -2.12. The van der Waals surface area contributed by atoms with Gasteiger partial charge in [0.1, 0.15) is 0 Å². The molecular formula is C13H16Cl. The van der Waals surface area contributed by atoms with Gasteiger partial charge in [-0.3, -0.25) is 0 Å². The predicted octanol–water partition coefficient (Wildman–Crippen LogP) is 4.40. The van der Waals surface area contributed by atoms with Crippen molar-refractivity contribution in [3.8, 4) is 0 Å². The van der Waals surface area contributed by atoms with Crippen LogP contribution in [-0.2, 0) is 6.42 Å². The Kier molecular flexibility index (Phi) is 4.21. The van der Waals surface area contributed by atoms with Crippen molar-refractivity contribution in [1.29, 1.82) is 0 Å². The first-order valence-electron chi connectivity index (χ1n) is 4.93. The molecule has 0 saturated carbocycles. The quantitative estimate of drug-likeness (QED) is 0.643. The molecule has 1 rings (SSSR count). The van der Waals surface area contributed by atoms with Gasteiger partial charge in [0.25, 0.3) is 0 Å². The maximum atomic E-state index is 6.27. The van der Waals surface area contributed by atoms with Gasteiger partial charge < -0.3 is 0 Å². The Balaban J connectivity index is 3.06. The first-order valence-corrected chi connectivity index (χ1v) is 5.31. The second-order valence-electron chi connectivity index (χ2n) is 3.41. The van der Waals surface area contributed by atoms with Gasteiger partial charge in [0.15, 0.2) is 0 Å². The van der Waals surface area contributed by atoms with Crippen LogP contribution in [0.4, 0.5) is 0 Å². The Morgan fingerprint density at radius 2 is 2.21 bits per heavy atom. The fourth-order valence-corrected chi connectivity index (χ4v) is 1.84. The molecule has 1 aromatic rings. The average molecular weight is 208 g/mol. The van der Waals surface area contributed by atoms with Crippen LogP contribution in [0.15, 0.2) is 30.9 Å². The molecule has 1 heteroatoms. The van der Waals surface area contributed by atoms with E-state index in [4.69, 9.17) is 11.6 Å². The van der Waals surface area contributed by atoms with Gasteiger partial charge >= 0.3 is 0 Å². The van der Waals surface area contributed by atoms with E-state index >= 15 is 0 Å². The van der Waals surface area contributed by atoms with Crippen LogP contribution in [0.2, 0.25) is 5.02 Å². The molecule has 1 atom stereocenters. The Hall–Kier alpha value is -0.750. The molecule has 14 heavy (non-hydrogen) atoms. The van der Waals surface area contributed by atoms with Crippen molar-refractivity contribution in [3.05, 3.63) is 53.9 Å². The summed E-state index contributed by atoms with van der Waals surface area (Å²) in [5.41, 5.74) is 2.29. The minimum Gasteiger partial charge on any atom is -0.102 e. The van der Waals surface area contributed by atoms with Gasteiger partial charge in [-0.2, -0.15) is 0 Å². The van der Waals surface area contributed by atoms with E-state index in [1.165, 1.54) is 5.56 Å². The van der Waals surface area contributed by atoms with Gasteiger partial charge in [-0.25, -0.2) is 0 Å². The highest BCUT2D eigenvalue weighted by atomic mass is 35.5. The lowest BCUT2D eigenvalue weighted by atomic mass is 9.97. The number of rotatable bonds is 4. The van der Waals surface area contributed by atoms with Crippen LogP contribution in [0.25, 0.3) is 0 Å². The molecule has 0 heterocycles. The fraction of sp³-hybridized carbons (Fsp3) is 0.308. The Labute approximate surface area is 91.6 Å². The summed E-state index contributed by atoms with van der Waals surface area (Å²) in [7, 11) is 0. The normalized spacial score (nSPS) is 12.5. The van der Waals surface area contributed by atoms with Crippen molar-refractivity contribution in [2.75, 3.05) is 0 Å². The van der Waals surface area contributed by atoms with E-state index in [9.17, 15) is 0 Å². The van der Waals surface area contributed by atoms with Gasteiger partial charge in [-0.1, -0.05) is 49.2 Å². The summed E-state index contributed by atoms with van der Waals surface area (Å²) < 4.78 is 0. The van der Waals surface area contributed by atoms with E-state index in [0.29, 0.717) is 0 Å². The molecule has 0 aliphatic carbocycles. The maximum absolute atomic E-state index is 6.27. The van der Waals surface area contributed by atoms with Crippen molar-refractivity contribution in [1.82, 2.24) is 0 Å². The largest absolute Gasteiger partial charge is 0.102 e. The molecule has 0 spiro atoms. The van der Waals surface area contributed by atoms with Crippen LogP contribution in [0, 0.1) is 6.92 Å². The molecule has 0 saturated heterocycles. The average Bonchev–Trinajstić information content (AvgIpc) is 2.20. The third kappa shape index (κ3) is 2.39. The second-order valence-corrected chi connectivity index (χ2v) is 3.79. The van der Waals surface area contributed by atoms with E-state index in [1.54, 1.807) is 0 Å². The molecule has 0 aromatic heterocycles. The van der Waals surface area contributed by atoms with E-state index < -0.39 is 0 Å². The van der Waals surface area contributed by atoms with Crippen LogP contribution >= 0.6 is 11.6 Å². The topological polar surface area (TPSA) is 0 Å². The van der Waals surface area contributed by atoms with Crippen molar-refractivity contribution in [3.63, 3.8) is 0 Å². The highest BCUT2D eigenvalue weighted by Crippen LogP contribution is 2.28. The van der Waals surface area contributed by atoms with Gasteiger partial charge in [0.05, 0.1) is 0 Å². The molecule has 0 aliphatic heterocycles. The van der Waals surface area contributed by atoms with Crippen molar-refractivity contribution in [2.24, 2.45) is 0 Å². The molecule has 0 fully saturated rings. The van der Waals surface area contributed by atoms with Crippen LogP contribution in [-0.4, -0.2) is 0 Å². The number of allylic oxidation sites excluding steroid dienone is 1. The summed E-state index contributed by atoms with van der Waals surface area (Å²) in [4.78, 5) is 0. The molecule has 1 radical (unpaired) electrons. The minimum absolute atomic E-state index is 0.0827. The van der Waals surface area contributed by atoms with Crippen molar-refractivity contribution >= 4 is 11.6 Å². The number of benzene rings is 1. The molecule has 0 aliphatic rings. The van der Waals surface area contributed by atoms with E-state index in [-0.39, 0.29) is 5.92 Å². The van der Waals surface area contributed by atoms with E-state index in [1.807, 2.05) is 18.2 Å². The lowest BCUT2D eigenvalue weighted by Crippen LogP contribution is -1.94. The SMILES string of the molecule is [CH2]C(C=C)c1cccc(CCC)c1Cl. The number of hydrogen-bond acceptors (Lipinski definition) is 0. The second kappa shape index (κ2) is 5.21. The summed E-state index contributed by atoms with van der Waals surface area (Å²) in [6.07, 6.45) is 3.95. The van der Waals surface area contributed by atoms with Crippen LogP contribution in [0.1, 0.15) is 30.4 Å². The van der Waals surface area contributed by atoms with Gasteiger partial charge in [-0.05, 0) is 24.5 Å². The Morgan fingerprint density at radius 3 is 2.79 bits per heavy atom. The Bertz CT molecular complexity index is 315. The predicted molar refractivity (Wildman–Crippen MR) is 63.7 cm³/mol. The summed E-state index contributed by atoms with van der Waals surface area (Å²) in [5, 5.41) is 0.856. The van der Waals surface area contributed by atoms with Gasteiger partial charge in [0, 0.05) is 10.9 Å². The number of hydrogen-bond donors (Lipinski definition) is 0. The monoisotopic (exact) mass is 207 g/mol. The highest BCUT2D eigenvalue weighted by Gasteiger charge is 2.09. The number of aryl methyl sites for hydroxylation is 1. The zero-order chi connectivity index (χ0) is 10.6. The molecule has 0 bridgehead atoms. The van der Waals surface area contributed by atoms with Crippen LogP contribution in [0.5, 0.6) is 0 Å². The Morgan fingerprint density at radius 1 is 1.50 bits per heavy atom. The van der Waals surface area contributed by atoms with E-state index in [2.05, 4.69) is 26.5 Å². The minimum atomic E-state index is 0.0827. The molecule has 1 unspecified atom stereocenters. The van der Waals surface area contributed by atoms with Crippen molar-refractivity contribution in [2.45, 2.75) is 25.7 Å². The molecule has 0 nitrogen and oxygen atoms in total. The third-order valence-corrected chi connectivity index (χ3v) is 2.77. The molecule has 0 N–H and O–H groups in total. The molecule has 75 valence electrons. The zero-order valence-corrected chi connectivity index (χ0v) is 9.35. The highest BCUT2D eigenvalue weighted by molar-refractivity contribution is 6.32.